The first kappa shape index (κ1) is 11.4. The fraction of sp³-hybridized carbons (Fsp3) is 0.778. The van der Waals surface area contributed by atoms with Crippen LogP contribution in [0.4, 0.5) is 0 Å². The Morgan fingerprint density at radius 3 is 3.07 bits per heavy atom. The number of esters is 1. The first-order chi connectivity index (χ1) is 6.63. The monoisotopic (exact) mass is 216 g/mol. The number of hydrogen-bond acceptors (Lipinski definition) is 5. The topological polar surface area (TPSA) is 50.7 Å². The highest BCUT2D eigenvalue weighted by molar-refractivity contribution is 8.13. The average molecular weight is 216 g/mol. The van der Waals surface area contributed by atoms with Crippen molar-refractivity contribution in [1.29, 1.82) is 0 Å². The molecule has 14 heavy (non-hydrogen) atoms. The lowest BCUT2D eigenvalue weighted by molar-refractivity contribution is -0.142. The van der Waals surface area contributed by atoms with Crippen molar-refractivity contribution in [3.05, 3.63) is 0 Å². The summed E-state index contributed by atoms with van der Waals surface area (Å²) in [5.41, 5.74) is 0. The van der Waals surface area contributed by atoms with Crippen LogP contribution in [0.5, 0.6) is 0 Å². The van der Waals surface area contributed by atoms with Crippen molar-refractivity contribution in [3.8, 4) is 0 Å². The van der Waals surface area contributed by atoms with E-state index in [1.54, 1.807) is 18.7 Å². The number of carbonyl (C=O) groups is 1. The Labute approximate surface area is 88.5 Å². The highest BCUT2D eigenvalue weighted by atomic mass is 32.2. The molecule has 1 heterocycles. The van der Waals surface area contributed by atoms with Gasteiger partial charge in [0.1, 0.15) is 6.04 Å². The molecule has 5 heteroatoms. The number of amidine groups is 1. The summed E-state index contributed by atoms with van der Waals surface area (Å²) in [4.78, 5) is 15.5. The summed E-state index contributed by atoms with van der Waals surface area (Å²) in [5, 5.41) is 3.89. The van der Waals surface area contributed by atoms with Crippen LogP contribution in [0.3, 0.4) is 0 Å². The second kappa shape index (κ2) is 5.24. The third kappa shape index (κ3) is 3.21. The van der Waals surface area contributed by atoms with Gasteiger partial charge in [-0.3, -0.25) is 4.99 Å². The van der Waals surface area contributed by atoms with Crippen LogP contribution in [0, 0.1) is 0 Å². The van der Waals surface area contributed by atoms with Crippen molar-refractivity contribution in [2.75, 3.05) is 12.9 Å². The zero-order chi connectivity index (χ0) is 10.6. The molecule has 0 aromatic rings. The summed E-state index contributed by atoms with van der Waals surface area (Å²) in [5.74, 6) is 0.799. The third-order valence-electron chi connectivity index (χ3n) is 2.01. The molecular formula is C9H16N2O2S. The number of rotatable bonds is 2. The Kier molecular flexibility index (Phi) is 4.25. The number of thioether (sulfide) groups is 1. The molecule has 0 radical (unpaired) electrons. The Morgan fingerprint density at radius 2 is 2.50 bits per heavy atom. The molecule has 1 aliphatic heterocycles. The van der Waals surface area contributed by atoms with E-state index in [9.17, 15) is 4.79 Å². The standard InChI is InChI=1S/C9H16N2O2S/c1-6-4-5-14-9(10-6)11-7(2)8(12)13-3/h6-7H,4-5H2,1-3H3,(H,10,11). The van der Waals surface area contributed by atoms with Gasteiger partial charge in [0.2, 0.25) is 0 Å². The van der Waals surface area contributed by atoms with E-state index >= 15 is 0 Å². The Hall–Kier alpha value is -0.710. The van der Waals surface area contributed by atoms with Gasteiger partial charge in [-0.25, -0.2) is 4.79 Å². The van der Waals surface area contributed by atoms with E-state index < -0.39 is 0 Å². The van der Waals surface area contributed by atoms with Crippen LogP contribution < -0.4 is 5.32 Å². The molecule has 0 bridgehead atoms. The summed E-state index contributed by atoms with van der Waals surface area (Å²) < 4.78 is 4.61. The summed E-state index contributed by atoms with van der Waals surface area (Å²) in [6, 6.07) is 0.0279. The van der Waals surface area contributed by atoms with Crippen LogP contribution in [-0.2, 0) is 9.53 Å². The van der Waals surface area contributed by atoms with E-state index in [1.165, 1.54) is 7.11 Å². The zero-order valence-electron chi connectivity index (χ0n) is 8.74. The van der Waals surface area contributed by atoms with Gasteiger partial charge in [-0.2, -0.15) is 0 Å². The number of nitrogens with one attached hydrogen (secondary N) is 1. The van der Waals surface area contributed by atoms with Crippen molar-refractivity contribution in [1.82, 2.24) is 5.32 Å². The van der Waals surface area contributed by atoms with E-state index in [0.29, 0.717) is 6.04 Å². The number of hydrogen-bond donors (Lipinski definition) is 1. The number of aliphatic imine (C=N–C) groups is 1. The second-order valence-corrected chi connectivity index (χ2v) is 4.39. The molecule has 0 amide bonds. The maximum Gasteiger partial charge on any atom is 0.328 e. The predicted molar refractivity (Wildman–Crippen MR) is 58.6 cm³/mol. The molecule has 0 aliphatic carbocycles. The fourth-order valence-electron chi connectivity index (χ4n) is 1.13. The molecule has 0 saturated heterocycles. The van der Waals surface area contributed by atoms with Gasteiger partial charge in [0.05, 0.1) is 13.2 Å². The van der Waals surface area contributed by atoms with Crippen LogP contribution in [0.15, 0.2) is 4.99 Å². The molecule has 1 rings (SSSR count). The number of nitrogens with zero attached hydrogens (tertiary/aromatic N) is 1. The molecule has 4 nitrogen and oxygen atoms in total. The van der Waals surface area contributed by atoms with Crippen molar-refractivity contribution < 1.29 is 9.53 Å². The fourth-order valence-corrected chi connectivity index (χ4v) is 2.29. The largest absolute Gasteiger partial charge is 0.467 e. The molecular weight excluding hydrogens is 200 g/mol. The van der Waals surface area contributed by atoms with Crippen molar-refractivity contribution in [3.63, 3.8) is 0 Å². The molecule has 2 unspecified atom stereocenters. The number of methoxy groups -OCH3 is 1. The summed E-state index contributed by atoms with van der Waals surface area (Å²) in [6.07, 6.45) is 1.10. The Morgan fingerprint density at radius 1 is 1.79 bits per heavy atom. The molecule has 80 valence electrons. The van der Waals surface area contributed by atoms with E-state index in [0.717, 1.165) is 17.3 Å². The summed E-state index contributed by atoms with van der Waals surface area (Å²) in [7, 11) is 1.39. The van der Waals surface area contributed by atoms with Gasteiger partial charge in [0, 0.05) is 5.75 Å². The molecule has 1 N–H and O–H groups in total. The first-order valence-corrected chi connectivity index (χ1v) is 5.67. The van der Waals surface area contributed by atoms with E-state index in [-0.39, 0.29) is 12.0 Å². The molecule has 0 saturated carbocycles. The predicted octanol–water partition coefficient (Wildman–Crippen LogP) is 1.02. The molecule has 1 aliphatic rings. The quantitative estimate of drug-likeness (QED) is 0.700. The SMILES string of the molecule is COC(=O)C(C)NC1=NC(C)CCS1. The minimum Gasteiger partial charge on any atom is -0.467 e. The average Bonchev–Trinajstić information content (AvgIpc) is 2.16. The van der Waals surface area contributed by atoms with Crippen molar-refractivity contribution in [2.24, 2.45) is 4.99 Å². The second-order valence-electron chi connectivity index (χ2n) is 3.31. The zero-order valence-corrected chi connectivity index (χ0v) is 9.56. The van der Waals surface area contributed by atoms with Gasteiger partial charge in [0.15, 0.2) is 5.17 Å². The Balaban J connectivity index is 2.47. The number of carbonyl (C=O) groups excluding carboxylic acids is 1. The van der Waals surface area contributed by atoms with Gasteiger partial charge in [-0.15, -0.1) is 0 Å². The minimum atomic E-state index is -0.323. The molecule has 0 spiro atoms. The smallest absolute Gasteiger partial charge is 0.328 e. The van der Waals surface area contributed by atoms with Gasteiger partial charge in [-0.05, 0) is 20.3 Å². The third-order valence-corrected chi connectivity index (χ3v) is 2.94. The maximum absolute atomic E-state index is 11.1. The van der Waals surface area contributed by atoms with Crippen LogP contribution >= 0.6 is 11.8 Å². The molecule has 2 atom stereocenters. The van der Waals surface area contributed by atoms with Gasteiger partial charge in [0.25, 0.3) is 0 Å². The summed E-state index contributed by atoms with van der Waals surface area (Å²) in [6.45, 7) is 3.85. The highest BCUT2D eigenvalue weighted by Gasteiger charge is 2.17. The highest BCUT2D eigenvalue weighted by Crippen LogP contribution is 2.15. The van der Waals surface area contributed by atoms with Gasteiger partial charge >= 0.3 is 5.97 Å². The summed E-state index contributed by atoms with van der Waals surface area (Å²) >= 11 is 1.65. The van der Waals surface area contributed by atoms with Gasteiger partial charge < -0.3 is 10.1 Å². The van der Waals surface area contributed by atoms with Gasteiger partial charge in [-0.1, -0.05) is 11.8 Å². The van der Waals surface area contributed by atoms with Crippen LogP contribution in [-0.4, -0.2) is 36.1 Å². The first-order valence-electron chi connectivity index (χ1n) is 4.68. The van der Waals surface area contributed by atoms with E-state index in [4.69, 9.17) is 0 Å². The van der Waals surface area contributed by atoms with Crippen LogP contribution in [0.1, 0.15) is 20.3 Å². The maximum atomic E-state index is 11.1. The molecule has 0 fully saturated rings. The minimum absolute atomic E-state index is 0.258. The van der Waals surface area contributed by atoms with E-state index in [2.05, 4.69) is 22.0 Å². The van der Waals surface area contributed by atoms with Crippen molar-refractivity contribution >= 4 is 22.9 Å². The lowest BCUT2D eigenvalue weighted by atomic mass is 10.3. The normalized spacial score (nSPS) is 23.6. The van der Waals surface area contributed by atoms with Crippen molar-refractivity contribution in [2.45, 2.75) is 32.4 Å². The lowest BCUT2D eigenvalue weighted by Gasteiger charge is -2.20. The van der Waals surface area contributed by atoms with Crippen LogP contribution in [0.2, 0.25) is 0 Å². The molecule has 0 aromatic heterocycles. The number of ether oxygens (including phenoxy) is 1. The molecule has 0 aromatic carbocycles. The Bertz CT molecular complexity index is 243. The lowest BCUT2D eigenvalue weighted by Crippen LogP contribution is -2.39. The van der Waals surface area contributed by atoms with Crippen LogP contribution in [0.25, 0.3) is 0 Å². The van der Waals surface area contributed by atoms with E-state index in [1.807, 2.05) is 0 Å².